The molecule has 0 aliphatic rings. The molecule has 0 aliphatic carbocycles. The van der Waals surface area contributed by atoms with Crippen LogP contribution < -0.4 is 16.2 Å². The number of H-pyrrole nitrogens is 1. The summed E-state index contributed by atoms with van der Waals surface area (Å²) in [4.78, 5) is 40.4. The van der Waals surface area contributed by atoms with Crippen LogP contribution >= 0.6 is 11.8 Å². The van der Waals surface area contributed by atoms with Crippen LogP contribution in [0.2, 0.25) is 0 Å². The number of nitrogens with one attached hydrogen (secondary N) is 3. The monoisotopic (exact) mass is 284 g/mol. The van der Waals surface area contributed by atoms with Gasteiger partial charge < -0.3 is 15.6 Å². The highest BCUT2D eigenvalue weighted by atomic mass is 32.2. The van der Waals surface area contributed by atoms with E-state index in [0.29, 0.717) is 11.7 Å². The van der Waals surface area contributed by atoms with Crippen LogP contribution in [0.4, 0.5) is 0 Å². The molecule has 0 saturated heterocycles. The maximum atomic E-state index is 11.6. The van der Waals surface area contributed by atoms with Crippen LogP contribution in [0.25, 0.3) is 0 Å². The fourth-order valence-electron chi connectivity index (χ4n) is 1.24. The van der Waals surface area contributed by atoms with Crippen molar-refractivity contribution >= 4 is 23.6 Å². The van der Waals surface area contributed by atoms with E-state index in [1.165, 1.54) is 12.3 Å². The van der Waals surface area contributed by atoms with E-state index >= 15 is 0 Å². The Balaban J connectivity index is 2.39. The maximum absolute atomic E-state index is 11.6. The molecule has 0 spiro atoms. The van der Waals surface area contributed by atoms with Crippen LogP contribution in [-0.2, 0) is 9.59 Å². The number of aromatic amines is 1. The number of carbonyl (C=O) groups excluding carboxylic acids is 2. The van der Waals surface area contributed by atoms with Crippen molar-refractivity contribution in [2.45, 2.75) is 25.0 Å². The molecule has 1 heterocycles. The molecule has 1 atom stereocenters. The van der Waals surface area contributed by atoms with E-state index in [0.717, 1.165) is 11.8 Å². The third-order valence-corrected chi connectivity index (χ3v) is 3.00. The Morgan fingerprint density at radius 2 is 2.26 bits per heavy atom. The third-order valence-electron chi connectivity index (χ3n) is 2.11. The van der Waals surface area contributed by atoms with E-state index in [1.807, 2.05) is 0 Å². The van der Waals surface area contributed by atoms with Crippen molar-refractivity contribution in [2.24, 2.45) is 0 Å². The molecule has 0 aromatic carbocycles. The lowest BCUT2D eigenvalue weighted by molar-refractivity contribution is -0.127. The van der Waals surface area contributed by atoms with Gasteiger partial charge in [0, 0.05) is 18.8 Å². The molecule has 1 rings (SSSR count). The van der Waals surface area contributed by atoms with Gasteiger partial charge in [0.1, 0.15) is 6.04 Å². The summed E-state index contributed by atoms with van der Waals surface area (Å²) in [5.41, 5.74) is -0.270. The van der Waals surface area contributed by atoms with Gasteiger partial charge in [0.25, 0.3) is 5.56 Å². The van der Waals surface area contributed by atoms with Gasteiger partial charge in [-0.25, -0.2) is 4.98 Å². The van der Waals surface area contributed by atoms with Gasteiger partial charge in [-0.3, -0.25) is 14.4 Å². The normalized spacial score (nSPS) is 11.7. The first kappa shape index (κ1) is 15.2. The summed E-state index contributed by atoms with van der Waals surface area (Å²) < 4.78 is 0. The lowest BCUT2D eigenvalue weighted by atomic mass is 10.3. The summed E-state index contributed by atoms with van der Waals surface area (Å²) in [6, 6.07) is 0.706. The molecule has 0 bridgehead atoms. The molecular formula is C11H16N4O3S. The van der Waals surface area contributed by atoms with E-state index in [2.05, 4.69) is 20.6 Å². The van der Waals surface area contributed by atoms with Crippen LogP contribution in [0.1, 0.15) is 13.8 Å². The fraction of sp³-hybridized carbons (Fsp3) is 0.455. The van der Waals surface area contributed by atoms with Crippen molar-refractivity contribution in [1.29, 1.82) is 0 Å². The van der Waals surface area contributed by atoms with Gasteiger partial charge in [-0.15, -0.1) is 0 Å². The van der Waals surface area contributed by atoms with Gasteiger partial charge >= 0.3 is 0 Å². The van der Waals surface area contributed by atoms with Crippen LogP contribution in [0.5, 0.6) is 0 Å². The number of amides is 2. The Morgan fingerprint density at radius 3 is 2.89 bits per heavy atom. The largest absolute Gasteiger partial charge is 0.355 e. The predicted octanol–water partition coefficient (Wildman–Crippen LogP) is -0.497. The predicted molar refractivity (Wildman–Crippen MR) is 71.9 cm³/mol. The Hall–Kier alpha value is -1.83. The summed E-state index contributed by atoms with van der Waals surface area (Å²) >= 11 is 1.10. The van der Waals surface area contributed by atoms with Crippen LogP contribution in [0.15, 0.2) is 22.2 Å². The molecule has 3 N–H and O–H groups in total. The number of likely N-dealkylation sites (N-methyl/N-ethyl adjacent to an activating group) is 1. The van der Waals surface area contributed by atoms with Crippen molar-refractivity contribution in [3.63, 3.8) is 0 Å². The Morgan fingerprint density at radius 1 is 1.53 bits per heavy atom. The quantitative estimate of drug-likeness (QED) is 0.483. The number of aromatic nitrogens is 2. The van der Waals surface area contributed by atoms with Crippen molar-refractivity contribution < 1.29 is 9.59 Å². The van der Waals surface area contributed by atoms with E-state index < -0.39 is 6.04 Å². The summed E-state index contributed by atoms with van der Waals surface area (Å²) in [5.74, 6) is -0.446. The Kier molecular flexibility index (Phi) is 6.07. The average Bonchev–Trinajstić information content (AvgIpc) is 2.36. The standard InChI is InChI=1S/C11H16N4O3S/c1-3-12-10(18)7(2)14-9(17)6-19-11-13-5-4-8(16)15-11/h4-5,7H,3,6H2,1-2H3,(H,12,18)(H,14,17)(H,13,15,16)/t7-/m1/s1. The van der Waals surface area contributed by atoms with Crippen LogP contribution in [0.3, 0.4) is 0 Å². The van der Waals surface area contributed by atoms with Crippen LogP contribution in [-0.4, -0.2) is 40.1 Å². The van der Waals surface area contributed by atoms with E-state index in [9.17, 15) is 14.4 Å². The van der Waals surface area contributed by atoms with Gasteiger partial charge in [0.15, 0.2) is 5.16 Å². The Bertz CT molecular complexity index is 503. The van der Waals surface area contributed by atoms with E-state index in [4.69, 9.17) is 0 Å². The molecule has 0 unspecified atom stereocenters. The second-order valence-corrected chi connectivity index (χ2v) is 4.68. The van der Waals surface area contributed by atoms with Gasteiger partial charge in [-0.2, -0.15) is 0 Å². The molecule has 8 heteroatoms. The van der Waals surface area contributed by atoms with Gasteiger partial charge in [0.05, 0.1) is 5.75 Å². The number of carbonyl (C=O) groups is 2. The molecule has 0 fully saturated rings. The summed E-state index contributed by atoms with van der Waals surface area (Å²) in [6.07, 6.45) is 1.37. The van der Waals surface area contributed by atoms with E-state index in [1.54, 1.807) is 13.8 Å². The molecule has 19 heavy (non-hydrogen) atoms. The van der Waals surface area contributed by atoms with Gasteiger partial charge in [-0.05, 0) is 13.8 Å². The highest BCUT2D eigenvalue weighted by molar-refractivity contribution is 7.99. The third kappa shape index (κ3) is 5.56. The molecule has 104 valence electrons. The SMILES string of the molecule is CCNC(=O)[C@@H](C)NC(=O)CSc1nccc(=O)[nH]1. The van der Waals surface area contributed by atoms with Crippen molar-refractivity contribution in [3.05, 3.63) is 22.6 Å². The number of hydrogen-bond donors (Lipinski definition) is 3. The number of hydrogen-bond acceptors (Lipinski definition) is 5. The van der Waals surface area contributed by atoms with Crippen molar-refractivity contribution in [2.75, 3.05) is 12.3 Å². The van der Waals surface area contributed by atoms with Gasteiger partial charge in [0.2, 0.25) is 11.8 Å². The second kappa shape index (κ2) is 7.57. The first-order valence-electron chi connectivity index (χ1n) is 5.78. The molecular weight excluding hydrogens is 268 g/mol. The fourth-order valence-corrected chi connectivity index (χ4v) is 1.89. The highest BCUT2D eigenvalue weighted by Gasteiger charge is 2.14. The van der Waals surface area contributed by atoms with Crippen LogP contribution in [0, 0.1) is 0 Å². The molecule has 0 aliphatic heterocycles. The minimum absolute atomic E-state index is 0.0801. The molecule has 0 radical (unpaired) electrons. The van der Waals surface area contributed by atoms with Crippen molar-refractivity contribution in [1.82, 2.24) is 20.6 Å². The zero-order chi connectivity index (χ0) is 14.3. The van der Waals surface area contributed by atoms with Gasteiger partial charge in [-0.1, -0.05) is 11.8 Å². The number of rotatable bonds is 6. The number of thioether (sulfide) groups is 1. The summed E-state index contributed by atoms with van der Waals surface area (Å²) in [7, 11) is 0. The first-order valence-corrected chi connectivity index (χ1v) is 6.76. The van der Waals surface area contributed by atoms with Crippen molar-refractivity contribution in [3.8, 4) is 0 Å². The number of nitrogens with zero attached hydrogens (tertiary/aromatic N) is 1. The summed E-state index contributed by atoms with van der Waals surface area (Å²) in [5, 5.41) is 5.54. The Labute approximate surface area is 114 Å². The lowest BCUT2D eigenvalue weighted by Crippen LogP contribution is -2.45. The second-order valence-electron chi connectivity index (χ2n) is 3.71. The van der Waals surface area contributed by atoms with E-state index in [-0.39, 0.29) is 23.1 Å². The molecule has 0 saturated carbocycles. The molecule has 7 nitrogen and oxygen atoms in total. The average molecular weight is 284 g/mol. The smallest absolute Gasteiger partial charge is 0.251 e. The lowest BCUT2D eigenvalue weighted by Gasteiger charge is -2.12. The molecule has 1 aromatic rings. The maximum Gasteiger partial charge on any atom is 0.251 e. The topological polar surface area (TPSA) is 104 Å². The first-order chi connectivity index (χ1) is 9.02. The summed E-state index contributed by atoms with van der Waals surface area (Å²) in [6.45, 7) is 3.93. The minimum atomic E-state index is -0.587. The highest BCUT2D eigenvalue weighted by Crippen LogP contribution is 2.08. The molecule has 1 aromatic heterocycles. The zero-order valence-electron chi connectivity index (χ0n) is 10.7. The molecule has 2 amide bonds. The zero-order valence-corrected chi connectivity index (χ0v) is 11.5. The minimum Gasteiger partial charge on any atom is -0.355 e.